The second-order valence-electron chi connectivity index (χ2n) is 5.14. The minimum atomic E-state index is -0.828. The number of anilines is 1. The van der Waals surface area contributed by atoms with Crippen molar-refractivity contribution in [3.8, 4) is 0 Å². The minimum Gasteiger partial charge on any atom is -0.382 e. The van der Waals surface area contributed by atoms with Crippen molar-refractivity contribution in [3.05, 3.63) is 29.8 Å². The molecule has 0 bridgehead atoms. The van der Waals surface area contributed by atoms with Crippen LogP contribution in [-0.2, 0) is 15.6 Å². The quantitative estimate of drug-likeness (QED) is 0.871. The van der Waals surface area contributed by atoms with Crippen LogP contribution in [0.15, 0.2) is 24.3 Å². The molecule has 0 saturated carbocycles. The Morgan fingerprint density at radius 2 is 2.20 bits per heavy atom. The van der Waals surface area contributed by atoms with E-state index in [0.29, 0.717) is 18.1 Å². The zero-order valence-corrected chi connectivity index (χ0v) is 12.8. The molecular weight excluding hydrogens is 272 g/mol. The molecule has 110 valence electrons. The Labute approximate surface area is 122 Å². The van der Waals surface area contributed by atoms with Crippen molar-refractivity contribution in [2.45, 2.75) is 32.2 Å². The van der Waals surface area contributed by atoms with Crippen molar-refractivity contribution in [2.24, 2.45) is 0 Å². The standard InChI is InChI=1S/C15H22N2O2S/c1-3-20(19)9-8-16-15(18)13-10-11(2)17-14-7-5-4-6-12(13)14/h4-7,11,13,17H,3,8-10H2,1-2H3,(H,16,18). The number of nitrogens with one attached hydrogen (secondary N) is 2. The maximum Gasteiger partial charge on any atom is 0.227 e. The number of hydrogen-bond donors (Lipinski definition) is 2. The topological polar surface area (TPSA) is 58.2 Å². The zero-order valence-electron chi connectivity index (χ0n) is 12.0. The van der Waals surface area contributed by atoms with Gasteiger partial charge in [0.15, 0.2) is 0 Å². The van der Waals surface area contributed by atoms with E-state index in [4.69, 9.17) is 0 Å². The highest BCUT2D eigenvalue weighted by atomic mass is 32.2. The molecule has 0 spiro atoms. The van der Waals surface area contributed by atoms with E-state index in [1.165, 1.54) is 0 Å². The van der Waals surface area contributed by atoms with Crippen molar-refractivity contribution >= 4 is 22.4 Å². The fourth-order valence-corrected chi connectivity index (χ4v) is 3.16. The van der Waals surface area contributed by atoms with Crippen LogP contribution in [0.1, 0.15) is 31.7 Å². The van der Waals surface area contributed by atoms with Crippen LogP contribution in [0, 0.1) is 0 Å². The summed E-state index contributed by atoms with van der Waals surface area (Å²) in [6.07, 6.45) is 0.791. The van der Waals surface area contributed by atoms with Crippen LogP contribution in [0.4, 0.5) is 5.69 Å². The summed E-state index contributed by atoms with van der Waals surface area (Å²) in [6, 6.07) is 8.23. The van der Waals surface area contributed by atoms with Gasteiger partial charge in [-0.2, -0.15) is 0 Å². The molecule has 1 aliphatic rings. The van der Waals surface area contributed by atoms with Crippen LogP contribution in [-0.4, -0.2) is 34.2 Å². The van der Waals surface area contributed by atoms with Crippen molar-refractivity contribution in [1.29, 1.82) is 0 Å². The fraction of sp³-hybridized carbons (Fsp3) is 0.533. The summed E-state index contributed by atoms with van der Waals surface area (Å²) in [6.45, 7) is 4.46. The minimum absolute atomic E-state index is 0.0407. The van der Waals surface area contributed by atoms with Gasteiger partial charge in [0.25, 0.3) is 0 Å². The van der Waals surface area contributed by atoms with Crippen LogP contribution in [0.25, 0.3) is 0 Å². The number of para-hydroxylation sites is 1. The van der Waals surface area contributed by atoms with Crippen LogP contribution >= 0.6 is 0 Å². The molecule has 0 aromatic heterocycles. The smallest absolute Gasteiger partial charge is 0.227 e. The van der Waals surface area contributed by atoms with Crippen molar-refractivity contribution in [1.82, 2.24) is 5.32 Å². The normalized spacial score (nSPS) is 22.5. The van der Waals surface area contributed by atoms with Gasteiger partial charge in [-0.05, 0) is 25.0 Å². The van der Waals surface area contributed by atoms with Crippen LogP contribution < -0.4 is 10.6 Å². The number of carbonyl (C=O) groups is 1. The lowest BCUT2D eigenvalue weighted by Gasteiger charge is -2.30. The third-order valence-corrected chi connectivity index (χ3v) is 4.90. The molecular formula is C15H22N2O2S. The van der Waals surface area contributed by atoms with Crippen LogP contribution in [0.3, 0.4) is 0 Å². The predicted molar refractivity (Wildman–Crippen MR) is 83.4 cm³/mol. The Balaban J connectivity index is 2.01. The Kier molecular flexibility index (Phi) is 5.17. The van der Waals surface area contributed by atoms with Gasteiger partial charge < -0.3 is 10.6 Å². The van der Waals surface area contributed by atoms with Gasteiger partial charge in [0.05, 0.1) is 5.92 Å². The van der Waals surface area contributed by atoms with E-state index in [-0.39, 0.29) is 17.9 Å². The van der Waals surface area contributed by atoms with E-state index in [9.17, 15) is 9.00 Å². The molecule has 3 unspecified atom stereocenters. The van der Waals surface area contributed by atoms with Gasteiger partial charge in [-0.15, -0.1) is 0 Å². The van der Waals surface area contributed by atoms with Gasteiger partial charge in [0.1, 0.15) is 0 Å². The monoisotopic (exact) mass is 294 g/mol. The lowest BCUT2D eigenvalue weighted by atomic mass is 9.87. The number of benzene rings is 1. The first-order chi connectivity index (χ1) is 9.61. The molecule has 1 aromatic carbocycles. The summed E-state index contributed by atoms with van der Waals surface area (Å²) in [7, 11) is -0.828. The molecule has 3 atom stereocenters. The van der Waals surface area contributed by atoms with Gasteiger partial charge >= 0.3 is 0 Å². The molecule has 0 aliphatic carbocycles. The van der Waals surface area contributed by atoms with E-state index in [2.05, 4.69) is 17.6 Å². The maximum atomic E-state index is 12.3. The Morgan fingerprint density at radius 3 is 2.95 bits per heavy atom. The van der Waals surface area contributed by atoms with Gasteiger partial charge in [-0.3, -0.25) is 9.00 Å². The molecule has 1 aromatic rings. The first kappa shape index (κ1) is 15.0. The summed E-state index contributed by atoms with van der Waals surface area (Å²) >= 11 is 0. The summed E-state index contributed by atoms with van der Waals surface area (Å²) < 4.78 is 11.4. The third kappa shape index (κ3) is 3.60. The number of hydrogen-bond acceptors (Lipinski definition) is 3. The molecule has 0 radical (unpaired) electrons. The van der Waals surface area contributed by atoms with E-state index in [0.717, 1.165) is 17.7 Å². The van der Waals surface area contributed by atoms with Gasteiger partial charge in [-0.1, -0.05) is 25.1 Å². The Hall–Kier alpha value is -1.36. The average Bonchev–Trinajstić information content (AvgIpc) is 2.45. The highest BCUT2D eigenvalue weighted by Gasteiger charge is 2.29. The molecule has 4 nitrogen and oxygen atoms in total. The highest BCUT2D eigenvalue weighted by Crippen LogP contribution is 2.33. The molecule has 2 N–H and O–H groups in total. The molecule has 5 heteroatoms. The van der Waals surface area contributed by atoms with E-state index < -0.39 is 10.8 Å². The van der Waals surface area contributed by atoms with Gasteiger partial charge in [0, 0.05) is 40.6 Å². The highest BCUT2D eigenvalue weighted by molar-refractivity contribution is 7.84. The fourth-order valence-electron chi connectivity index (χ4n) is 2.54. The lowest BCUT2D eigenvalue weighted by molar-refractivity contribution is -0.122. The lowest BCUT2D eigenvalue weighted by Crippen LogP contribution is -2.37. The average molecular weight is 294 g/mol. The second kappa shape index (κ2) is 6.88. The Morgan fingerprint density at radius 1 is 1.45 bits per heavy atom. The largest absolute Gasteiger partial charge is 0.382 e. The van der Waals surface area contributed by atoms with E-state index in [1.807, 2.05) is 31.2 Å². The maximum absolute atomic E-state index is 12.3. The van der Waals surface area contributed by atoms with Crippen molar-refractivity contribution in [3.63, 3.8) is 0 Å². The van der Waals surface area contributed by atoms with Crippen molar-refractivity contribution < 1.29 is 9.00 Å². The molecule has 0 fully saturated rings. The van der Waals surface area contributed by atoms with Crippen molar-refractivity contribution in [2.75, 3.05) is 23.4 Å². The predicted octanol–water partition coefficient (Wildman–Crippen LogP) is 1.86. The molecule has 1 aliphatic heterocycles. The van der Waals surface area contributed by atoms with Crippen LogP contribution in [0.2, 0.25) is 0 Å². The zero-order chi connectivity index (χ0) is 14.5. The first-order valence-corrected chi connectivity index (χ1v) is 8.58. The third-order valence-electron chi connectivity index (χ3n) is 3.59. The summed E-state index contributed by atoms with van der Waals surface area (Å²) in [5.74, 6) is 1.10. The van der Waals surface area contributed by atoms with Crippen LogP contribution in [0.5, 0.6) is 0 Å². The van der Waals surface area contributed by atoms with Gasteiger partial charge in [0.2, 0.25) is 5.91 Å². The Bertz CT molecular complexity index is 504. The SMILES string of the molecule is CCS(=O)CCNC(=O)C1CC(C)Nc2ccccc21. The number of rotatable bonds is 5. The van der Waals surface area contributed by atoms with E-state index >= 15 is 0 Å². The summed E-state index contributed by atoms with van der Waals surface area (Å²) in [4.78, 5) is 12.3. The van der Waals surface area contributed by atoms with E-state index in [1.54, 1.807) is 0 Å². The molecule has 20 heavy (non-hydrogen) atoms. The molecule has 2 rings (SSSR count). The molecule has 1 amide bonds. The summed E-state index contributed by atoms with van der Waals surface area (Å²) in [5.41, 5.74) is 2.10. The number of amides is 1. The summed E-state index contributed by atoms with van der Waals surface area (Å²) in [5, 5.41) is 6.32. The molecule has 0 saturated heterocycles. The first-order valence-electron chi connectivity index (χ1n) is 7.10. The molecule has 1 heterocycles. The number of fused-ring (bicyclic) bond motifs is 1. The second-order valence-corrected chi connectivity index (χ2v) is 7.01. The number of carbonyl (C=O) groups excluding carboxylic acids is 1. The van der Waals surface area contributed by atoms with Gasteiger partial charge in [-0.25, -0.2) is 0 Å².